The van der Waals surface area contributed by atoms with E-state index in [9.17, 15) is 19.3 Å². The fourth-order valence-corrected chi connectivity index (χ4v) is 2.90. The minimum Gasteiger partial charge on any atom is -0.316 e. The number of pyridine rings is 2. The molecule has 4 aromatic rings. The summed E-state index contributed by atoms with van der Waals surface area (Å²) in [4.78, 5) is 26.6. The molecule has 27 heavy (non-hydrogen) atoms. The molecule has 2 heterocycles. The average molecular weight is 361 g/mol. The highest BCUT2D eigenvalue weighted by atomic mass is 19.1. The van der Waals surface area contributed by atoms with Crippen LogP contribution in [0.2, 0.25) is 0 Å². The summed E-state index contributed by atoms with van der Waals surface area (Å²) >= 11 is 0. The SMILES string of the molecule is O=c1ccn(-c2ccc(F)cc2)c2cc(-c3ccc([N+](=O)[O-])cn3)ccc12. The summed E-state index contributed by atoms with van der Waals surface area (Å²) in [6.07, 6.45) is 2.82. The van der Waals surface area contributed by atoms with Crippen LogP contribution in [0.5, 0.6) is 0 Å². The van der Waals surface area contributed by atoms with E-state index in [4.69, 9.17) is 0 Å². The van der Waals surface area contributed by atoms with Crippen molar-refractivity contribution >= 4 is 16.6 Å². The Labute approximate surface area is 152 Å². The van der Waals surface area contributed by atoms with E-state index in [1.807, 2.05) is 0 Å². The number of aromatic nitrogens is 2. The quantitative estimate of drug-likeness (QED) is 0.406. The molecule has 6 nitrogen and oxygen atoms in total. The molecule has 132 valence electrons. The van der Waals surface area contributed by atoms with Gasteiger partial charge in [-0.3, -0.25) is 14.9 Å². The number of rotatable bonds is 3. The maximum atomic E-state index is 13.2. The minimum atomic E-state index is -0.511. The van der Waals surface area contributed by atoms with Crippen LogP contribution in [0.25, 0.3) is 27.8 Å². The maximum Gasteiger partial charge on any atom is 0.287 e. The number of benzene rings is 2. The van der Waals surface area contributed by atoms with Gasteiger partial charge in [-0.05, 0) is 42.5 Å². The third-order valence-corrected chi connectivity index (χ3v) is 4.26. The van der Waals surface area contributed by atoms with Crippen LogP contribution < -0.4 is 5.43 Å². The second kappa shape index (κ2) is 6.45. The van der Waals surface area contributed by atoms with Gasteiger partial charge in [0.05, 0.1) is 16.1 Å². The van der Waals surface area contributed by atoms with Crippen LogP contribution in [0, 0.1) is 15.9 Å². The topological polar surface area (TPSA) is 78.0 Å². The van der Waals surface area contributed by atoms with Crippen LogP contribution in [0.3, 0.4) is 0 Å². The molecule has 0 radical (unpaired) electrons. The molecule has 0 fully saturated rings. The molecule has 0 unspecified atom stereocenters. The monoisotopic (exact) mass is 361 g/mol. The van der Waals surface area contributed by atoms with Crippen molar-refractivity contribution < 1.29 is 9.31 Å². The number of halogens is 1. The molecule has 0 atom stereocenters. The minimum absolute atomic E-state index is 0.0947. The smallest absolute Gasteiger partial charge is 0.287 e. The lowest BCUT2D eigenvalue weighted by molar-refractivity contribution is -0.385. The Hall–Kier alpha value is -3.87. The molecule has 0 aliphatic heterocycles. The van der Waals surface area contributed by atoms with Crippen LogP contribution in [0.15, 0.2) is 77.9 Å². The summed E-state index contributed by atoms with van der Waals surface area (Å²) in [5, 5.41) is 11.3. The van der Waals surface area contributed by atoms with Crippen LogP contribution in [0.4, 0.5) is 10.1 Å². The molecule has 0 N–H and O–H groups in total. The van der Waals surface area contributed by atoms with E-state index in [1.54, 1.807) is 47.2 Å². The molecule has 4 rings (SSSR count). The predicted octanol–water partition coefficient (Wildman–Crippen LogP) is 4.10. The molecule has 2 aromatic heterocycles. The second-order valence-corrected chi connectivity index (χ2v) is 5.92. The summed E-state index contributed by atoms with van der Waals surface area (Å²) in [6.45, 7) is 0. The molecule has 0 saturated carbocycles. The highest BCUT2D eigenvalue weighted by Crippen LogP contribution is 2.24. The van der Waals surface area contributed by atoms with Gasteiger partial charge in [0, 0.05) is 35.0 Å². The Bertz CT molecular complexity index is 1220. The molecule has 0 bridgehead atoms. The third-order valence-electron chi connectivity index (χ3n) is 4.26. The van der Waals surface area contributed by atoms with Crippen molar-refractivity contribution in [2.45, 2.75) is 0 Å². The molecular weight excluding hydrogens is 349 g/mol. The molecule has 0 spiro atoms. The maximum absolute atomic E-state index is 13.2. The standard InChI is InChI=1S/C20H12FN3O3/c21-14-2-4-15(5-3-14)23-10-9-20(25)17-7-1-13(11-19(17)23)18-8-6-16(12-22-18)24(26)27/h1-12H. The summed E-state index contributed by atoms with van der Waals surface area (Å²) < 4.78 is 15.0. The van der Waals surface area contributed by atoms with Crippen molar-refractivity contribution in [1.29, 1.82) is 0 Å². The number of hydrogen-bond donors (Lipinski definition) is 0. The van der Waals surface area contributed by atoms with Gasteiger partial charge in [0.1, 0.15) is 12.0 Å². The third kappa shape index (κ3) is 3.06. The fraction of sp³-hybridized carbons (Fsp3) is 0. The van der Waals surface area contributed by atoms with Crippen LogP contribution in [-0.2, 0) is 0 Å². The van der Waals surface area contributed by atoms with Crippen LogP contribution >= 0.6 is 0 Å². The van der Waals surface area contributed by atoms with Crippen molar-refractivity contribution in [3.63, 3.8) is 0 Å². The Morgan fingerprint density at radius 2 is 1.78 bits per heavy atom. The van der Waals surface area contributed by atoms with Gasteiger partial charge in [-0.15, -0.1) is 0 Å². The van der Waals surface area contributed by atoms with E-state index in [2.05, 4.69) is 4.98 Å². The molecule has 0 saturated heterocycles. The lowest BCUT2D eigenvalue weighted by Crippen LogP contribution is -2.06. The van der Waals surface area contributed by atoms with Crippen molar-refractivity contribution in [2.75, 3.05) is 0 Å². The van der Waals surface area contributed by atoms with Crippen LogP contribution in [-0.4, -0.2) is 14.5 Å². The highest BCUT2D eigenvalue weighted by Gasteiger charge is 2.10. The largest absolute Gasteiger partial charge is 0.316 e. The summed E-state index contributed by atoms with van der Waals surface area (Å²) in [5.74, 6) is -0.347. The lowest BCUT2D eigenvalue weighted by atomic mass is 10.1. The zero-order chi connectivity index (χ0) is 19.0. The average Bonchev–Trinajstić information content (AvgIpc) is 2.69. The first kappa shape index (κ1) is 16.6. The molecule has 0 aliphatic rings. The molecule has 0 aliphatic carbocycles. The van der Waals surface area contributed by atoms with E-state index in [-0.39, 0.29) is 16.9 Å². The van der Waals surface area contributed by atoms with Gasteiger partial charge in [-0.1, -0.05) is 6.07 Å². The van der Waals surface area contributed by atoms with E-state index < -0.39 is 4.92 Å². The van der Waals surface area contributed by atoms with Gasteiger partial charge in [0.2, 0.25) is 0 Å². The van der Waals surface area contributed by atoms with Gasteiger partial charge in [0.15, 0.2) is 5.43 Å². The summed E-state index contributed by atoms with van der Waals surface area (Å²) in [5.41, 5.74) is 2.36. The highest BCUT2D eigenvalue weighted by molar-refractivity contribution is 5.85. The zero-order valence-corrected chi connectivity index (χ0v) is 13.9. The molecule has 2 aromatic carbocycles. The first-order chi connectivity index (χ1) is 13.0. The predicted molar refractivity (Wildman–Crippen MR) is 99.4 cm³/mol. The van der Waals surface area contributed by atoms with Crippen molar-refractivity contribution in [3.8, 4) is 16.9 Å². The van der Waals surface area contributed by atoms with Gasteiger partial charge in [0.25, 0.3) is 5.69 Å². The van der Waals surface area contributed by atoms with E-state index in [0.717, 1.165) is 0 Å². The summed E-state index contributed by atoms with van der Waals surface area (Å²) in [6, 6.07) is 15.5. The fourth-order valence-electron chi connectivity index (χ4n) is 2.90. The molecule has 7 heteroatoms. The lowest BCUT2D eigenvalue weighted by Gasteiger charge is -2.12. The Kier molecular flexibility index (Phi) is 3.97. The van der Waals surface area contributed by atoms with E-state index in [0.29, 0.717) is 27.8 Å². The number of nitrogens with zero attached hydrogens (tertiary/aromatic N) is 3. The number of nitro groups is 1. The molecule has 0 amide bonds. The van der Waals surface area contributed by atoms with Gasteiger partial charge >= 0.3 is 0 Å². The Morgan fingerprint density at radius 1 is 1.00 bits per heavy atom. The number of fused-ring (bicyclic) bond motifs is 1. The Morgan fingerprint density at radius 3 is 2.44 bits per heavy atom. The normalized spacial score (nSPS) is 10.9. The van der Waals surface area contributed by atoms with Gasteiger partial charge in [-0.25, -0.2) is 9.37 Å². The van der Waals surface area contributed by atoms with Crippen molar-refractivity contribution in [3.05, 3.63) is 99.2 Å². The zero-order valence-electron chi connectivity index (χ0n) is 13.9. The van der Waals surface area contributed by atoms with E-state index >= 15 is 0 Å². The van der Waals surface area contributed by atoms with E-state index in [1.165, 1.54) is 30.5 Å². The van der Waals surface area contributed by atoms with Gasteiger partial charge < -0.3 is 4.57 Å². The first-order valence-corrected chi connectivity index (χ1v) is 8.05. The molecular formula is C20H12FN3O3. The summed E-state index contributed by atoms with van der Waals surface area (Å²) in [7, 11) is 0. The first-order valence-electron chi connectivity index (χ1n) is 8.05. The van der Waals surface area contributed by atoms with Crippen molar-refractivity contribution in [2.24, 2.45) is 0 Å². The van der Waals surface area contributed by atoms with Crippen molar-refractivity contribution in [1.82, 2.24) is 9.55 Å². The van der Waals surface area contributed by atoms with Crippen LogP contribution in [0.1, 0.15) is 0 Å². The second-order valence-electron chi connectivity index (χ2n) is 5.92. The number of hydrogen-bond acceptors (Lipinski definition) is 4. The Balaban J connectivity index is 1.90. The van der Waals surface area contributed by atoms with Gasteiger partial charge in [-0.2, -0.15) is 0 Å².